The van der Waals surface area contributed by atoms with Crippen molar-refractivity contribution in [2.75, 3.05) is 11.9 Å². The zero-order chi connectivity index (χ0) is 16.2. The summed E-state index contributed by atoms with van der Waals surface area (Å²) in [5.74, 6) is -0.190. The first-order valence-corrected chi connectivity index (χ1v) is 8.09. The van der Waals surface area contributed by atoms with Crippen LogP contribution in [0.25, 0.3) is 0 Å². The van der Waals surface area contributed by atoms with Crippen LogP contribution in [0.5, 0.6) is 0 Å². The highest BCUT2D eigenvalue weighted by molar-refractivity contribution is 7.90. The quantitative estimate of drug-likeness (QED) is 0.656. The van der Waals surface area contributed by atoms with E-state index in [2.05, 4.69) is 5.11 Å². The van der Waals surface area contributed by atoms with Gasteiger partial charge in [0.1, 0.15) is 5.69 Å². The molecule has 0 heterocycles. The molecule has 114 valence electrons. The Morgan fingerprint density at radius 1 is 1.18 bits per heavy atom. The van der Waals surface area contributed by atoms with Crippen LogP contribution >= 0.6 is 0 Å². The lowest BCUT2D eigenvalue weighted by atomic mass is 10.2. The van der Waals surface area contributed by atoms with Crippen molar-refractivity contribution in [3.8, 4) is 0 Å². The number of hydrogen-bond acceptors (Lipinski definition) is 5. The molecule has 0 atom stereocenters. The number of nitrogens with zero attached hydrogens (tertiary/aromatic N) is 2. The standard InChI is InChI=1S/C15H15N3O3S/c1-18(11-19)13-7-8-14(17-16)15(9-13)22(20,21)10-12-5-3-2-4-6-12/h2-9,11,16H,10H2,1H3. The summed E-state index contributed by atoms with van der Waals surface area (Å²) in [5, 5.41) is 3.27. The van der Waals surface area contributed by atoms with Gasteiger partial charge in [-0.1, -0.05) is 30.3 Å². The molecule has 7 heteroatoms. The first kappa shape index (κ1) is 15.8. The number of rotatable bonds is 6. The van der Waals surface area contributed by atoms with Crippen LogP contribution in [0.15, 0.2) is 58.5 Å². The molecule has 1 N–H and O–H groups in total. The Kier molecular flexibility index (Phi) is 4.67. The van der Waals surface area contributed by atoms with E-state index in [1.165, 1.54) is 24.1 Å². The summed E-state index contributed by atoms with van der Waals surface area (Å²) in [7, 11) is -2.16. The van der Waals surface area contributed by atoms with Gasteiger partial charge in [0.15, 0.2) is 9.84 Å². The van der Waals surface area contributed by atoms with Gasteiger partial charge in [0.2, 0.25) is 6.41 Å². The molecule has 22 heavy (non-hydrogen) atoms. The van der Waals surface area contributed by atoms with Crippen LogP contribution < -0.4 is 4.90 Å². The Labute approximate surface area is 128 Å². The van der Waals surface area contributed by atoms with Crippen molar-refractivity contribution in [3.05, 3.63) is 54.1 Å². The number of benzene rings is 2. The molecule has 0 unspecified atom stereocenters. The predicted octanol–water partition coefficient (Wildman–Crippen LogP) is 2.92. The second-order valence-electron chi connectivity index (χ2n) is 4.72. The minimum atomic E-state index is -3.68. The van der Waals surface area contributed by atoms with Gasteiger partial charge < -0.3 is 4.90 Å². The summed E-state index contributed by atoms with van der Waals surface area (Å²) >= 11 is 0. The fourth-order valence-corrected chi connectivity index (χ4v) is 3.52. The molecule has 0 aromatic heterocycles. The molecular weight excluding hydrogens is 302 g/mol. The maximum absolute atomic E-state index is 12.6. The van der Waals surface area contributed by atoms with E-state index in [1.807, 2.05) is 0 Å². The van der Waals surface area contributed by atoms with E-state index in [0.29, 0.717) is 17.7 Å². The number of carbonyl (C=O) groups is 1. The largest absolute Gasteiger partial charge is 0.318 e. The summed E-state index contributed by atoms with van der Waals surface area (Å²) in [4.78, 5) is 12.0. The van der Waals surface area contributed by atoms with Gasteiger partial charge >= 0.3 is 0 Å². The van der Waals surface area contributed by atoms with Gasteiger partial charge in [0, 0.05) is 12.7 Å². The average molecular weight is 317 g/mol. The van der Waals surface area contributed by atoms with Gasteiger partial charge in [0.05, 0.1) is 10.6 Å². The first-order chi connectivity index (χ1) is 10.5. The molecule has 0 radical (unpaired) electrons. The van der Waals surface area contributed by atoms with E-state index in [4.69, 9.17) is 5.53 Å². The van der Waals surface area contributed by atoms with E-state index in [-0.39, 0.29) is 16.3 Å². The monoisotopic (exact) mass is 317 g/mol. The van der Waals surface area contributed by atoms with Crippen molar-refractivity contribution < 1.29 is 13.2 Å². The lowest BCUT2D eigenvalue weighted by Gasteiger charge is -2.14. The van der Waals surface area contributed by atoms with Gasteiger partial charge in [-0.15, -0.1) is 0 Å². The minimum absolute atomic E-state index is 0.0546. The number of hydrogen-bond donors (Lipinski definition) is 1. The second-order valence-corrected chi connectivity index (χ2v) is 6.68. The molecule has 0 fully saturated rings. The molecular formula is C15H15N3O3S. The van der Waals surface area contributed by atoms with Gasteiger partial charge in [-0.25, -0.2) is 13.9 Å². The molecule has 0 bridgehead atoms. The Morgan fingerprint density at radius 3 is 2.45 bits per heavy atom. The molecule has 2 aromatic rings. The SMILES string of the molecule is CN(C=O)c1ccc(N=N)c(S(=O)(=O)Cc2ccccc2)c1. The molecule has 0 aliphatic rings. The maximum atomic E-state index is 12.6. The number of amides is 1. The van der Waals surface area contributed by atoms with Crippen LogP contribution in [-0.2, 0) is 20.4 Å². The molecule has 0 saturated carbocycles. The summed E-state index contributed by atoms with van der Waals surface area (Å²) in [6.45, 7) is 0. The zero-order valence-electron chi connectivity index (χ0n) is 11.9. The molecule has 0 spiro atoms. The smallest absolute Gasteiger partial charge is 0.213 e. The second kappa shape index (κ2) is 6.48. The van der Waals surface area contributed by atoms with Crippen LogP contribution in [0.2, 0.25) is 0 Å². The Hall–Kier alpha value is -2.54. The third kappa shape index (κ3) is 3.37. The molecule has 0 saturated heterocycles. The van der Waals surface area contributed by atoms with Crippen molar-refractivity contribution in [1.29, 1.82) is 5.53 Å². The molecule has 6 nitrogen and oxygen atoms in total. The highest BCUT2D eigenvalue weighted by atomic mass is 32.2. The summed E-state index contributed by atoms with van der Waals surface area (Å²) in [6, 6.07) is 13.1. The van der Waals surface area contributed by atoms with Crippen molar-refractivity contribution in [2.24, 2.45) is 5.11 Å². The van der Waals surface area contributed by atoms with Crippen LogP contribution in [-0.4, -0.2) is 21.9 Å². The van der Waals surface area contributed by atoms with E-state index in [9.17, 15) is 13.2 Å². The Bertz CT molecular complexity index is 789. The lowest BCUT2D eigenvalue weighted by molar-refractivity contribution is -0.107. The first-order valence-electron chi connectivity index (χ1n) is 6.44. The van der Waals surface area contributed by atoms with Crippen molar-refractivity contribution >= 4 is 27.6 Å². The molecule has 0 aliphatic heterocycles. The minimum Gasteiger partial charge on any atom is -0.318 e. The third-order valence-corrected chi connectivity index (χ3v) is 4.87. The van der Waals surface area contributed by atoms with E-state index in [1.54, 1.807) is 36.4 Å². The summed E-state index contributed by atoms with van der Waals surface area (Å²) < 4.78 is 25.2. The van der Waals surface area contributed by atoms with Crippen LogP contribution in [0.3, 0.4) is 0 Å². The summed E-state index contributed by atoms with van der Waals surface area (Å²) in [5.41, 5.74) is 8.27. The molecule has 1 amide bonds. The van der Waals surface area contributed by atoms with Crippen LogP contribution in [0.4, 0.5) is 11.4 Å². The van der Waals surface area contributed by atoms with Gasteiger partial charge in [-0.2, -0.15) is 5.11 Å². The van der Waals surface area contributed by atoms with Gasteiger partial charge in [-0.05, 0) is 23.8 Å². The topological polar surface area (TPSA) is 90.7 Å². The van der Waals surface area contributed by atoms with E-state index < -0.39 is 9.84 Å². The van der Waals surface area contributed by atoms with Gasteiger partial charge in [0.25, 0.3) is 0 Å². The number of carbonyl (C=O) groups excluding carboxylic acids is 1. The van der Waals surface area contributed by atoms with E-state index >= 15 is 0 Å². The van der Waals surface area contributed by atoms with Crippen molar-refractivity contribution in [1.82, 2.24) is 0 Å². The van der Waals surface area contributed by atoms with E-state index in [0.717, 1.165) is 0 Å². The zero-order valence-corrected chi connectivity index (χ0v) is 12.7. The Morgan fingerprint density at radius 2 is 1.86 bits per heavy atom. The van der Waals surface area contributed by atoms with Gasteiger partial charge in [-0.3, -0.25) is 4.79 Å². The number of nitrogens with one attached hydrogen (secondary N) is 1. The molecule has 2 rings (SSSR count). The normalized spacial score (nSPS) is 11.0. The number of anilines is 1. The highest BCUT2D eigenvalue weighted by Gasteiger charge is 2.21. The average Bonchev–Trinajstić information content (AvgIpc) is 2.54. The summed E-state index contributed by atoms with van der Waals surface area (Å²) in [6.07, 6.45) is 0.584. The van der Waals surface area contributed by atoms with Crippen LogP contribution in [0, 0.1) is 5.53 Å². The highest BCUT2D eigenvalue weighted by Crippen LogP contribution is 2.30. The maximum Gasteiger partial charge on any atom is 0.213 e. The van der Waals surface area contributed by atoms with Crippen LogP contribution in [0.1, 0.15) is 5.56 Å². The molecule has 2 aromatic carbocycles. The van der Waals surface area contributed by atoms with Crippen molar-refractivity contribution in [2.45, 2.75) is 10.6 Å². The lowest BCUT2D eigenvalue weighted by Crippen LogP contribution is -2.14. The van der Waals surface area contributed by atoms with Crippen molar-refractivity contribution in [3.63, 3.8) is 0 Å². The predicted molar refractivity (Wildman–Crippen MR) is 83.0 cm³/mol. The number of sulfone groups is 1. The third-order valence-electron chi connectivity index (χ3n) is 3.16. The fraction of sp³-hybridized carbons (Fsp3) is 0.133. The fourth-order valence-electron chi connectivity index (χ4n) is 2.00. The Balaban J connectivity index is 2.48. The molecule has 0 aliphatic carbocycles.